The highest BCUT2D eigenvalue weighted by Crippen LogP contribution is 2.18. The van der Waals surface area contributed by atoms with E-state index in [1.807, 2.05) is 37.3 Å². The van der Waals surface area contributed by atoms with Crippen LogP contribution in [0.5, 0.6) is 5.75 Å². The van der Waals surface area contributed by atoms with Gasteiger partial charge in [0.25, 0.3) is 5.91 Å². The van der Waals surface area contributed by atoms with Gasteiger partial charge in [-0.05, 0) is 49.6 Å². The van der Waals surface area contributed by atoms with Crippen molar-refractivity contribution in [1.29, 1.82) is 0 Å². The molecule has 34 heavy (non-hydrogen) atoms. The molecule has 2 aromatic rings. The highest BCUT2D eigenvalue weighted by Gasteiger charge is 2.35. The van der Waals surface area contributed by atoms with Crippen molar-refractivity contribution in [2.45, 2.75) is 32.2 Å². The van der Waals surface area contributed by atoms with E-state index in [1.54, 1.807) is 24.3 Å². The predicted molar refractivity (Wildman–Crippen MR) is 127 cm³/mol. The number of nitrogens with one attached hydrogen (secondary N) is 1. The van der Waals surface area contributed by atoms with Gasteiger partial charge in [-0.2, -0.15) is 0 Å². The first-order chi connectivity index (χ1) is 16.6. The van der Waals surface area contributed by atoms with Crippen LogP contribution in [0.4, 0.5) is 0 Å². The second kappa shape index (κ2) is 13.3. The number of amides is 2. The van der Waals surface area contributed by atoms with Crippen molar-refractivity contribution in [3.8, 4) is 5.75 Å². The molecule has 1 saturated heterocycles. The average Bonchev–Trinajstić information content (AvgIpc) is 2.86. The van der Waals surface area contributed by atoms with E-state index in [4.69, 9.17) is 14.2 Å². The van der Waals surface area contributed by atoms with Crippen LogP contribution in [0.25, 0.3) is 0 Å². The van der Waals surface area contributed by atoms with E-state index < -0.39 is 12.0 Å². The number of nitrogens with zero attached hydrogens (tertiary/aromatic N) is 1. The molecule has 0 spiro atoms. The Morgan fingerprint density at radius 3 is 2.53 bits per heavy atom. The smallest absolute Gasteiger partial charge is 0.308 e. The Hall–Kier alpha value is -3.39. The average molecular weight is 469 g/mol. The van der Waals surface area contributed by atoms with Crippen LogP contribution in [0.1, 0.15) is 35.7 Å². The molecule has 0 aromatic heterocycles. The SMILES string of the molecule is CCOCCOc1ccc(C(=O)N2CCNC(=O)C2CC(=O)OCCCc2ccccc2)cc1. The van der Waals surface area contributed by atoms with Gasteiger partial charge in [0.15, 0.2) is 0 Å². The predicted octanol–water partition coefficient (Wildman–Crippen LogP) is 2.61. The molecule has 0 bridgehead atoms. The van der Waals surface area contributed by atoms with Crippen LogP contribution in [0.2, 0.25) is 0 Å². The summed E-state index contributed by atoms with van der Waals surface area (Å²) >= 11 is 0. The van der Waals surface area contributed by atoms with E-state index in [0.29, 0.717) is 50.6 Å². The van der Waals surface area contributed by atoms with Crippen molar-refractivity contribution in [3.05, 3.63) is 65.7 Å². The summed E-state index contributed by atoms with van der Waals surface area (Å²) in [5, 5.41) is 2.73. The Kier molecular flexibility index (Phi) is 9.91. The third-order valence-corrected chi connectivity index (χ3v) is 5.47. The number of aryl methyl sites for hydroxylation is 1. The van der Waals surface area contributed by atoms with E-state index in [0.717, 1.165) is 6.42 Å². The molecule has 1 unspecified atom stereocenters. The number of rotatable bonds is 12. The molecule has 8 nitrogen and oxygen atoms in total. The van der Waals surface area contributed by atoms with Gasteiger partial charge >= 0.3 is 5.97 Å². The second-order valence-electron chi connectivity index (χ2n) is 7.89. The molecule has 2 amide bonds. The summed E-state index contributed by atoms with van der Waals surface area (Å²) in [6, 6.07) is 15.8. The van der Waals surface area contributed by atoms with Gasteiger partial charge < -0.3 is 24.4 Å². The third kappa shape index (κ3) is 7.59. The van der Waals surface area contributed by atoms with Crippen LogP contribution in [0.3, 0.4) is 0 Å². The van der Waals surface area contributed by atoms with E-state index in [-0.39, 0.29) is 24.8 Å². The van der Waals surface area contributed by atoms with E-state index in [9.17, 15) is 14.4 Å². The van der Waals surface area contributed by atoms with Crippen molar-refractivity contribution >= 4 is 17.8 Å². The Labute approximate surface area is 200 Å². The fraction of sp³-hybridized carbons (Fsp3) is 0.423. The molecule has 3 rings (SSSR count). The molecule has 182 valence electrons. The molecule has 1 N–H and O–H groups in total. The van der Waals surface area contributed by atoms with Gasteiger partial charge in [-0.3, -0.25) is 14.4 Å². The zero-order valence-electron chi connectivity index (χ0n) is 19.5. The lowest BCUT2D eigenvalue weighted by Gasteiger charge is -2.34. The lowest BCUT2D eigenvalue weighted by molar-refractivity contribution is -0.147. The van der Waals surface area contributed by atoms with Gasteiger partial charge in [-0.1, -0.05) is 30.3 Å². The standard InChI is InChI=1S/C26H32N2O6/c1-2-32-17-18-33-22-12-10-21(11-13-22)26(31)28-15-14-27-25(30)23(28)19-24(29)34-16-6-9-20-7-4-3-5-8-20/h3-5,7-8,10-13,23H,2,6,9,14-19H2,1H3,(H,27,30). The number of esters is 1. The third-order valence-electron chi connectivity index (χ3n) is 5.47. The van der Waals surface area contributed by atoms with Crippen LogP contribution in [-0.2, 0) is 25.5 Å². The number of benzene rings is 2. The summed E-state index contributed by atoms with van der Waals surface area (Å²) in [4.78, 5) is 39.4. The van der Waals surface area contributed by atoms with Crippen molar-refractivity contribution in [2.24, 2.45) is 0 Å². The number of hydrogen-bond acceptors (Lipinski definition) is 6. The van der Waals surface area contributed by atoms with E-state index >= 15 is 0 Å². The Morgan fingerprint density at radius 2 is 1.79 bits per heavy atom. The summed E-state index contributed by atoms with van der Waals surface area (Å²) in [6.45, 7) is 4.38. The van der Waals surface area contributed by atoms with Gasteiger partial charge in [0.1, 0.15) is 18.4 Å². The fourth-order valence-corrected chi connectivity index (χ4v) is 3.71. The minimum absolute atomic E-state index is 0.179. The normalized spacial score (nSPS) is 15.5. The number of carbonyl (C=O) groups is 3. The quantitative estimate of drug-likeness (QED) is 0.380. The number of hydrogen-bond donors (Lipinski definition) is 1. The Morgan fingerprint density at radius 1 is 1.03 bits per heavy atom. The summed E-state index contributed by atoms with van der Waals surface area (Å²) in [5.41, 5.74) is 1.60. The molecule has 1 aliphatic rings. The molecule has 0 saturated carbocycles. The summed E-state index contributed by atoms with van der Waals surface area (Å²) in [7, 11) is 0. The lowest BCUT2D eigenvalue weighted by atomic mass is 10.1. The maximum Gasteiger partial charge on any atom is 0.308 e. The molecule has 1 atom stereocenters. The van der Waals surface area contributed by atoms with Gasteiger partial charge in [-0.15, -0.1) is 0 Å². The largest absolute Gasteiger partial charge is 0.491 e. The van der Waals surface area contributed by atoms with Crippen molar-refractivity contribution in [1.82, 2.24) is 10.2 Å². The van der Waals surface area contributed by atoms with Gasteiger partial charge in [0, 0.05) is 25.3 Å². The van der Waals surface area contributed by atoms with Crippen LogP contribution in [-0.4, -0.2) is 68.2 Å². The minimum atomic E-state index is -0.898. The zero-order chi connectivity index (χ0) is 24.2. The van der Waals surface area contributed by atoms with Crippen LogP contribution in [0.15, 0.2) is 54.6 Å². The summed E-state index contributed by atoms with van der Waals surface area (Å²) in [5.74, 6) is -0.525. The minimum Gasteiger partial charge on any atom is -0.491 e. The van der Waals surface area contributed by atoms with Gasteiger partial charge in [-0.25, -0.2) is 0 Å². The summed E-state index contributed by atoms with van der Waals surface area (Å²) in [6.07, 6.45) is 1.31. The summed E-state index contributed by atoms with van der Waals surface area (Å²) < 4.78 is 16.2. The van der Waals surface area contributed by atoms with Crippen LogP contribution < -0.4 is 10.1 Å². The Bertz CT molecular complexity index is 932. The first kappa shape index (κ1) is 25.2. The van der Waals surface area contributed by atoms with E-state index in [2.05, 4.69) is 5.32 Å². The molecule has 0 radical (unpaired) electrons. The van der Waals surface area contributed by atoms with Gasteiger partial charge in [0.2, 0.25) is 5.91 Å². The van der Waals surface area contributed by atoms with Crippen molar-refractivity contribution in [3.63, 3.8) is 0 Å². The molecule has 1 aliphatic heterocycles. The first-order valence-corrected chi connectivity index (χ1v) is 11.7. The van der Waals surface area contributed by atoms with Crippen LogP contribution in [0, 0.1) is 0 Å². The maximum atomic E-state index is 13.1. The topological polar surface area (TPSA) is 94.2 Å². The fourth-order valence-electron chi connectivity index (χ4n) is 3.71. The number of ether oxygens (including phenoxy) is 3. The lowest BCUT2D eigenvalue weighted by Crippen LogP contribution is -2.57. The highest BCUT2D eigenvalue weighted by molar-refractivity contribution is 5.99. The molecule has 1 heterocycles. The van der Waals surface area contributed by atoms with Gasteiger partial charge in [0.05, 0.1) is 19.6 Å². The van der Waals surface area contributed by atoms with Crippen LogP contribution >= 0.6 is 0 Å². The van der Waals surface area contributed by atoms with Crippen molar-refractivity contribution in [2.75, 3.05) is 39.5 Å². The Balaban J connectivity index is 1.51. The first-order valence-electron chi connectivity index (χ1n) is 11.7. The molecule has 8 heteroatoms. The maximum absolute atomic E-state index is 13.1. The molecule has 2 aromatic carbocycles. The molecular weight excluding hydrogens is 436 g/mol. The van der Waals surface area contributed by atoms with E-state index in [1.165, 1.54) is 10.5 Å². The molecular formula is C26H32N2O6. The number of piperazine rings is 1. The van der Waals surface area contributed by atoms with Crippen molar-refractivity contribution < 1.29 is 28.6 Å². The highest BCUT2D eigenvalue weighted by atomic mass is 16.5. The zero-order valence-corrected chi connectivity index (χ0v) is 19.5. The molecule has 1 fully saturated rings. The molecule has 0 aliphatic carbocycles. The second-order valence-corrected chi connectivity index (χ2v) is 7.89. The number of carbonyl (C=O) groups excluding carboxylic acids is 3. The monoisotopic (exact) mass is 468 g/mol.